The molecule has 0 saturated carbocycles. The number of benzene rings is 4. The van der Waals surface area contributed by atoms with Crippen molar-refractivity contribution in [1.82, 2.24) is 0 Å². The normalized spacial score (nSPS) is 10.6. The maximum absolute atomic E-state index is 12.9. The maximum Gasteiger partial charge on any atom is 0.193 e. The van der Waals surface area contributed by atoms with E-state index in [1.807, 2.05) is 84.9 Å². The molecule has 0 aliphatic rings. The molecule has 0 spiro atoms. The Morgan fingerprint density at radius 2 is 0.969 bits per heavy atom. The highest BCUT2D eigenvalue weighted by Gasteiger charge is 2.10. The van der Waals surface area contributed by atoms with E-state index in [4.69, 9.17) is 9.47 Å². The van der Waals surface area contributed by atoms with E-state index in [9.17, 15) is 4.79 Å². The molecule has 160 valence electrons. The Hall–Kier alpha value is -3.85. The summed E-state index contributed by atoms with van der Waals surface area (Å²) in [6.07, 6.45) is 1.59. The Bertz CT molecular complexity index is 1100. The van der Waals surface area contributed by atoms with Crippen LogP contribution in [0.2, 0.25) is 0 Å². The lowest BCUT2D eigenvalue weighted by atomic mass is 9.97. The highest BCUT2D eigenvalue weighted by atomic mass is 16.5. The molecule has 0 heterocycles. The monoisotopic (exact) mass is 422 g/mol. The van der Waals surface area contributed by atoms with Gasteiger partial charge in [-0.15, -0.1) is 0 Å². The van der Waals surface area contributed by atoms with E-state index in [0.717, 1.165) is 35.5 Å². The zero-order valence-electron chi connectivity index (χ0n) is 18.4. The summed E-state index contributed by atoms with van der Waals surface area (Å²) in [6.45, 7) is 0. The first kappa shape index (κ1) is 21.4. The molecule has 4 rings (SSSR count). The van der Waals surface area contributed by atoms with Gasteiger partial charge in [0, 0.05) is 11.1 Å². The zero-order chi connectivity index (χ0) is 22.3. The van der Waals surface area contributed by atoms with Gasteiger partial charge in [0.2, 0.25) is 0 Å². The summed E-state index contributed by atoms with van der Waals surface area (Å²) in [5.41, 5.74) is 6.05. The standard InChI is InChI=1S/C29H26O3/c1-31-27-7-3-5-23(19-27)17-21-9-13-25(14-10-21)29(30)26-15-11-22(12-16-26)18-24-6-4-8-28(20-24)32-2/h3-16,19-20H,17-18H2,1-2H3. The number of hydrogen-bond acceptors (Lipinski definition) is 3. The average Bonchev–Trinajstić information content (AvgIpc) is 2.85. The van der Waals surface area contributed by atoms with Crippen LogP contribution in [0.4, 0.5) is 0 Å². The Kier molecular flexibility index (Phi) is 6.66. The van der Waals surface area contributed by atoms with Crippen LogP contribution in [0.1, 0.15) is 38.2 Å². The quantitative estimate of drug-likeness (QED) is 0.321. The minimum atomic E-state index is 0.0332. The summed E-state index contributed by atoms with van der Waals surface area (Å²) in [6, 6.07) is 31.8. The fourth-order valence-corrected chi connectivity index (χ4v) is 3.75. The molecule has 0 unspecified atom stereocenters. The summed E-state index contributed by atoms with van der Waals surface area (Å²) >= 11 is 0. The second-order valence-corrected chi connectivity index (χ2v) is 7.78. The Balaban J connectivity index is 1.42. The van der Waals surface area contributed by atoms with Crippen molar-refractivity contribution in [2.75, 3.05) is 14.2 Å². The lowest BCUT2D eigenvalue weighted by Crippen LogP contribution is -2.02. The van der Waals surface area contributed by atoms with Crippen LogP contribution < -0.4 is 9.47 Å². The molecule has 3 heteroatoms. The first-order valence-electron chi connectivity index (χ1n) is 10.6. The minimum Gasteiger partial charge on any atom is -0.497 e. The molecule has 0 aliphatic carbocycles. The number of carbonyl (C=O) groups is 1. The van der Waals surface area contributed by atoms with Crippen LogP contribution in [0, 0.1) is 0 Å². The van der Waals surface area contributed by atoms with Gasteiger partial charge >= 0.3 is 0 Å². The molecule has 0 radical (unpaired) electrons. The van der Waals surface area contributed by atoms with Gasteiger partial charge < -0.3 is 9.47 Å². The first-order chi connectivity index (χ1) is 15.6. The van der Waals surface area contributed by atoms with Crippen molar-refractivity contribution < 1.29 is 14.3 Å². The third kappa shape index (κ3) is 5.25. The average molecular weight is 423 g/mol. The highest BCUT2D eigenvalue weighted by Crippen LogP contribution is 2.19. The molecule has 0 aromatic heterocycles. The summed E-state index contributed by atoms with van der Waals surface area (Å²) < 4.78 is 10.6. The van der Waals surface area contributed by atoms with E-state index in [2.05, 4.69) is 12.1 Å². The van der Waals surface area contributed by atoms with Crippen molar-refractivity contribution in [3.05, 3.63) is 130 Å². The van der Waals surface area contributed by atoms with Gasteiger partial charge in [-0.1, -0.05) is 72.8 Å². The van der Waals surface area contributed by atoms with E-state index in [-0.39, 0.29) is 5.78 Å². The van der Waals surface area contributed by atoms with Gasteiger partial charge in [0.05, 0.1) is 14.2 Å². The van der Waals surface area contributed by atoms with E-state index >= 15 is 0 Å². The van der Waals surface area contributed by atoms with Crippen molar-refractivity contribution in [2.45, 2.75) is 12.8 Å². The van der Waals surface area contributed by atoms with Crippen molar-refractivity contribution in [2.24, 2.45) is 0 Å². The summed E-state index contributed by atoms with van der Waals surface area (Å²) in [5, 5.41) is 0. The molecule has 0 bridgehead atoms. The molecular formula is C29H26O3. The number of ketones is 1. The van der Waals surface area contributed by atoms with E-state index in [1.54, 1.807) is 14.2 Å². The molecule has 0 aliphatic heterocycles. The Labute approximate surface area is 189 Å². The molecular weight excluding hydrogens is 396 g/mol. The lowest BCUT2D eigenvalue weighted by molar-refractivity contribution is 0.103. The van der Waals surface area contributed by atoms with Crippen LogP contribution in [0.5, 0.6) is 11.5 Å². The largest absolute Gasteiger partial charge is 0.497 e. The topological polar surface area (TPSA) is 35.5 Å². The van der Waals surface area contributed by atoms with Crippen LogP contribution in [-0.4, -0.2) is 20.0 Å². The van der Waals surface area contributed by atoms with E-state index in [1.165, 1.54) is 11.1 Å². The van der Waals surface area contributed by atoms with Crippen molar-refractivity contribution >= 4 is 5.78 Å². The van der Waals surface area contributed by atoms with E-state index in [0.29, 0.717) is 11.1 Å². The van der Waals surface area contributed by atoms with Crippen LogP contribution >= 0.6 is 0 Å². The number of carbonyl (C=O) groups excluding carboxylic acids is 1. The SMILES string of the molecule is COc1cccc(Cc2ccc(C(=O)c3ccc(Cc4cccc(OC)c4)cc3)cc2)c1. The Morgan fingerprint density at radius 3 is 1.34 bits per heavy atom. The molecule has 0 amide bonds. The number of methoxy groups -OCH3 is 2. The third-order valence-corrected chi connectivity index (χ3v) is 5.52. The summed E-state index contributed by atoms with van der Waals surface area (Å²) in [5.74, 6) is 1.74. The van der Waals surface area contributed by atoms with Gasteiger partial charge in [0.25, 0.3) is 0 Å². The smallest absolute Gasteiger partial charge is 0.193 e. The van der Waals surface area contributed by atoms with Crippen LogP contribution in [-0.2, 0) is 12.8 Å². The highest BCUT2D eigenvalue weighted by molar-refractivity contribution is 6.09. The molecule has 32 heavy (non-hydrogen) atoms. The molecule has 4 aromatic carbocycles. The zero-order valence-corrected chi connectivity index (χ0v) is 18.4. The fraction of sp³-hybridized carbons (Fsp3) is 0.138. The molecule has 0 N–H and O–H groups in total. The second-order valence-electron chi connectivity index (χ2n) is 7.78. The van der Waals surface area contributed by atoms with Gasteiger partial charge in [-0.2, -0.15) is 0 Å². The lowest BCUT2D eigenvalue weighted by Gasteiger charge is -2.08. The van der Waals surface area contributed by atoms with Gasteiger partial charge in [0.1, 0.15) is 11.5 Å². The second kappa shape index (κ2) is 9.97. The van der Waals surface area contributed by atoms with E-state index < -0.39 is 0 Å². The predicted molar refractivity (Wildman–Crippen MR) is 128 cm³/mol. The van der Waals surface area contributed by atoms with Crippen molar-refractivity contribution in [3.63, 3.8) is 0 Å². The molecule has 0 atom stereocenters. The summed E-state index contributed by atoms with van der Waals surface area (Å²) in [4.78, 5) is 12.9. The molecule has 4 aromatic rings. The van der Waals surface area contributed by atoms with Crippen LogP contribution in [0.25, 0.3) is 0 Å². The van der Waals surface area contributed by atoms with Crippen molar-refractivity contribution in [1.29, 1.82) is 0 Å². The minimum absolute atomic E-state index is 0.0332. The van der Waals surface area contributed by atoms with Gasteiger partial charge in [-0.05, 0) is 59.4 Å². The maximum atomic E-state index is 12.9. The summed E-state index contributed by atoms with van der Waals surface area (Å²) in [7, 11) is 3.34. The molecule has 0 saturated heterocycles. The van der Waals surface area contributed by atoms with Gasteiger partial charge in [-0.3, -0.25) is 4.79 Å². The Morgan fingerprint density at radius 1 is 0.562 bits per heavy atom. The third-order valence-electron chi connectivity index (χ3n) is 5.52. The van der Waals surface area contributed by atoms with Gasteiger partial charge in [0.15, 0.2) is 5.78 Å². The van der Waals surface area contributed by atoms with Crippen molar-refractivity contribution in [3.8, 4) is 11.5 Å². The fourth-order valence-electron chi connectivity index (χ4n) is 3.75. The first-order valence-corrected chi connectivity index (χ1v) is 10.6. The predicted octanol–water partition coefficient (Wildman–Crippen LogP) is 6.12. The van der Waals surface area contributed by atoms with Crippen LogP contribution in [0.3, 0.4) is 0 Å². The number of ether oxygens (including phenoxy) is 2. The number of rotatable bonds is 8. The molecule has 3 nitrogen and oxygen atoms in total. The van der Waals surface area contributed by atoms with Crippen LogP contribution in [0.15, 0.2) is 97.1 Å². The number of hydrogen-bond donors (Lipinski definition) is 0. The molecule has 0 fully saturated rings. The van der Waals surface area contributed by atoms with Gasteiger partial charge in [-0.25, -0.2) is 0 Å².